The second-order valence-corrected chi connectivity index (χ2v) is 5.84. The lowest BCUT2D eigenvalue weighted by molar-refractivity contribution is -0.384. The average Bonchev–Trinajstić information content (AvgIpc) is 2.37. The fourth-order valence-electron chi connectivity index (χ4n) is 1.88. The molecule has 1 aliphatic rings. The maximum absolute atomic E-state index is 10.7. The largest absolute Gasteiger partial charge is 0.370 e. The molecule has 0 spiro atoms. The van der Waals surface area contributed by atoms with E-state index in [9.17, 15) is 10.1 Å². The van der Waals surface area contributed by atoms with Crippen molar-refractivity contribution in [2.24, 2.45) is 5.92 Å². The molecule has 0 bridgehead atoms. The molecule has 0 aliphatic carbocycles. The van der Waals surface area contributed by atoms with Crippen molar-refractivity contribution in [1.29, 1.82) is 0 Å². The van der Waals surface area contributed by atoms with Gasteiger partial charge in [0.25, 0.3) is 5.69 Å². The Morgan fingerprint density at radius 3 is 2.89 bits per heavy atom. The van der Waals surface area contributed by atoms with Crippen LogP contribution in [0.2, 0.25) is 5.15 Å². The summed E-state index contributed by atoms with van der Waals surface area (Å²) >= 11 is 7.73. The summed E-state index contributed by atoms with van der Waals surface area (Å²) in [6.45, 7) is 0.797. The number of pyridine rings is 1. The summed E-state index contributed by atoms with van der Waals surface area (Å²) in [5.74, 6) is 3.48. The Morgan fingerprint density at radius 2 is 2.22 bits per heavy atom. The molecule has 1 saturated heterocycles. The number of nitrogens with zero attached hydrogens (tertiary/aromatic N) is 2. The van der Waals surface area contributed by atoms with Gasteiger partial charge in [-0.2, -0.15) is 11.8 Å². The van der Waals surface area contributed by atoms with Crippen molar-refractivity contribution in [1.82, 2.24) is 4.98 Å². The highest BCUT2D eigenvalue weighted by Crippen LogP contribution is 2.24. The van der Waals surface area contributed by atoms with E-state index in [1.807, 2.05) is 11.8 Å². The number of rotatable bonds is 4. The molecule has 5 nitrogen and oxygen atoms in total. The Labute approximate surface area is 114 Å². The Bertz CT molecular complexity index is 438. The first-order valence-electron chi connectivity index (χ1n) is 5.79. The van der Waals surface area contributed by atoms with E-state index in [0.29, 0.717) is 11.7 Å². The molecule has 0 unspecified atom stereocenters. The first-order valence-corrected chi connectivity index (χ1v) is 7.32. The van der Waals surface area contributed by atoms with Gasteiger partial charge in [-0.25, -0.2) is 4.98 Å². The smallest absolute Gasteiger partial charge is 0.276 e. The average molecular weight is 288 g/mol. The maximum Gasteiger partial charge on any atom is 0.276 e. The van der Waals surface area contributed by atoms with Gasteiger partial charge in [-0.05, 0) is 30.3 Å². The van der Waals surface area contributed by atoms with Crippen molar-refractivity contribution in [3.8, 4) is 0 Å². The quantitative estimate of drug-likeness (QED) is 0.523. The number of nitrogens with one attached hydrogen (secondary N) is 1. The lowest BCUT2D eigenvalue weighted by atomic mass is 10.0. The SMILES string of the molecule is O=[N+]([O-])c1cc(Cl)nc(NCC2CCSCC2)c1. The first-order chi connectivity index (χ1) is 8.65. The third-order valence-corrected chi connectivity index (χ3v) is 4.14. The fraction of sp³-hybridized carbons (Fsp3) is 0.545. The highest BCUT2D eigenvalue weighted by molar-refractivity contribution is 7.99. The van der Waals surface area contributed by atoms with Crippen LogP contribution in [-0.4, -0.2) is 28.0 Å². The number of halogens is 1. The van der Waals surface area contributed by atoms with Gasteiger partial charge >= 0.3 is 0 Å². The summed E-state index contributed by atoms with van der Waals surface area (Å²) in [4.78, 5) is 14.3. The molecule has 0 amide bonds. The molecule has 1 aromatic rings. The fourth-order valence-corrected chi connectivity index (χ4v) is 3.29. The van der Waals surface area contributed by atoms with Crippen molar-refractivity contribution in [2.75, 3.05) is 23.4 Å². The normalized spacial score (nSPS) is 16.5. The monoisotopic (exact) mass is 287 g/mol. The van der Waals surface area contributed by atoms with Crippen LogP contribution < -0.4 is 5.32 Å². The van der Waals surface area contributed by atoms with E-state index in [0.717, 1.165) is 6.54 Å². The summed E-state index contributed by atoms with van der Waals surface area (Å²) in [5.41, 5.74) is -0.0308. The lowest BCUT2D eigenvalue weighted by Gasteiger charge is -2.21. The minimum atomic E-state index is -0.462. The van der Waals surface area contributed by atoms with Gasteiger partial charge in [0.15, 0.2) is 0 Å². The van der Waals surface area contributed by atoms with Crippen molar-refractivity contribution in [3.63, 3.8) is 0 Å². The van der Waals surface area contributed by atoms with Crippen LogP contribution in [0.4, 0.5) is 11.5 Å². The molecule has 1 aliphatic heterocycles. The van der Waals surface area contributed by atoms with Gasteiger partial charge in [0.2, 0.25) is 0 Å². The molecule has 1 N–H and O–H groups in total. The van der Waals surface area contributed by atoms with Gasteiger partial charge in [-0.3, -0.25) is 10.1 Å². The highest BCUT2D eigenvalue weighted by atomic mass is 35.5. The number of aromatic nitrogens is 1. The highest BCUT2D eigenvalue weighted by Gasteiger charge is 2.15. The van der Waals surface area contributed by atoms with E-state index in [-0.39, 0.29) is 10.8 Å². The van der Waals surface area contributed by atoms with Crippen LogP contribution in [0.25, 0.3) is 0 Å². The Kier molecular flexibility index (Phi) is 4.66. The van der Waals surface area contributed by atoms with E-state index < -0.39 is 4.92 Å². The Balaban J connectivity index is 1.97. The summed E-state index contributed by atoms with van der Waals surface area (Å²) in [6, 6.07) is 2.67. The molecule has 0 aromatic carbocycles. The number of hydrogen-bond donors (Lipinski definition) is 1. The standard InChI is InChI=1S/C11H14ClN3O2S/c12-10-5-9(15(16)17)6-11(14-10)13-7-8-1-3-18-4-2-8/h5-6,8H,1-4,7H2,(H,13,14). The summed E-state index contributed by atoms with van der Waals surface area (Å²) < 4.78 is 0. The van der Waals surface area contributed by atoms with Gasteiger partial charge in [0.1, 0.15) is 11.0 Å². The van der Waals surface area contributed by atoms with Gasteiger partial charge in [-0.15, -0.1) is 0 Å². The van der Waals surface area contributed by atoms with Crippen LogP contribution in [0.1, 0.15) is 12.8 Å². The van der Waals surface area contributed by atoms with Crippen molar-refractivity contribution in [2.45, 2.75) is 12.8 Å². The molecule has 0 saturated carbocycles. The number of thioether (sulfide) groups is 1. The van der Waals surface area contributed by atoms with Crippen LogP contribution >= 0.6 is 23.4 Å². The first kappa shape index (κ1) is 13.4. The minimum absolute atomic E-state index is 0.0308. The van der Waals surface area contributed by atoms with Crippen molar-refractivity contribution < 1.29 is 4.92 Å². The van der Waals surface area contributed by atoms with E-state index in [4.69, 9.17) is 11.6 Å². The van der Waals surface area contributed by atoms with Crippen LogP contribution in [0.3, 0.4) is 0 Å². The zero-order valence-electron chi connectivity index (χ0n) is 9.76. The van der Waals surface area contributed by atoms with Gasteiger partial charge < -0.3 is 5.32 Å². The van der Waals surface area contributed by atoms with E-state index >= 15 is 0 Å². The Morgan fingerprint density at radius 1 is 1.50 bits per heavy atom. The Hall–Kier alpha value is -1.01. The third kappa shape index (κ3) is 3.74. The number of hydrogen-bond acceptors (Lipinski definition) is 5. The van der Waals surface area contributed by atoms with Gasteiger partial charge in [0, 0.05) is 6.54 Å². The zero-order valence-corrected chi connectivity index (χ0v) is 11.3. The van der Waals surface area contributed by atoms with Gasteiger partial charge in [0.05, 0.1) is 17.1 Å². The van der Waals surface area contributed by atoms with Crippen LogP contribution in [-0.2, 0) is 0 Å². The molecule has 1 aromatic heterocycles. The van der Waals surface area contributed by atoms with E-state index in [2.05, 4.69) is 10.3 Å². The lowest BCUT2D eigenvalue weighted by Crippen LogP contribution is -2.19. The second-order valence-electron chi connectivity index (χ2n) is 4.23. The van der Waals surface area contributed by atoms with Crippen molar-refractivity contribution in [3.05, 3.63) is 27.4 Å². The van der Waals surface area contributed by atoms with Crippen molar-refractivity contribution >= 4 is 34.9 Å². The molecule has 0 radical (unpaired) electrons. The third-order valence-electron chi connectivity index (χ3n) is 2.90. The molecular formula is C11H14ClN3O2S. The molecule has 1 fully saturated rings. The summed E-state index contributed by atoms with van der Waals surface area (Å²) in [7, 11) is 0. The van der Waals surface area contributed by atoms with Crippen LogP contribution in [0.15, 0.2) is 12.1 Å². The molecule has 18 heavy (non-hydrogen) atoms. The molecular weight excluding hydrogens is 274 g/mol. The molecule has 98 valence electrons. The molecule has 0 atom stereocenters. The number of anilines is 1. The van der Waals surface area contributed by atoms with E-state index in [1.54, 1.807) is 0 Å². The molecule has 2 heterocycles. The zero-order chi connectivity index (χ0) is 13.0. The van der Waals surface area contributed by atoms with Crippen LogP contribution in [0, 0.1) is 16.0 Å². The van der Waals surface area contributed by atoms with E-state index in [1.165, 1.54) is 36.5 Å². The predicted molar refractivity (Wildman–Crippen MR) is 74.4 cm³/mol. The predicted octanol–water partition coefficient (Wildman–Crippen LogP) is 3.20. The molecule has 2 rings (SSSR count). The summed E-state index contributed by atoms with van der Waals surface area (Å²) in [5, 5.41) is 14.0. The number of nitro groups is 1. The maximum atomic E-state index is 10.7. The summed E-state index contributed by atoms with van der Waals surface area (Å²) in [6.07, 6.45) is 2.36. The van der Waals surface area contributed by atoms with Gasteiger partial charge in [-0.1, -0.05) is 11.6 Å². The van der Waals surface area contributed by atoms with Crippen LogP contribution in [0.5, 0.6) is 0 Å². The minimum Gasteiger partial charge on any atom is -0.370 e. The topological polar surface area (TPSA) is 68.1 Å². The molecule has 7 heteroatoms. The second kappa shape index (κ2) is 6.24.